The van der Waals surface area contributed by atoms with Gasteiger partial charge in [0.25, 0.3) is 0 Å². The third kappa shape index (κ3) is 1.95. The van der Waals surface area contributed by atoms with Crippen molar-refractivity contribution in [3.63, 3.8) is 0 Å². The fourth-order valence-electron chi connectivity index (χ4n) is 1.24. The number of hydrogen-bond acceptors (Lipinski definition) is 4. The van der Waals surface area contributed by atoms with E-state index in [0.29, 0.717) is 17.1 Å². The normalized spacial score (nSPS) is 9.33. The molecule has 0 bridgehead atoms. The van der Waals surface area contributed by atoms with Crippen molar-refractivity contribution in [1.29, 1.82) is 0 Å². The Kier molecular flexibility index (Phi) is 2.63. The zero-order valence-corrected chi connectivity index (χ0v) is 7.79. The number of isocyanates is 1. The van der Waals surface area contributed by atoms with Crippen LogP contribution in [0.3, 0.4) is 0 Å². The smallest absolute Gasteiger partial charge is 0.240 e. The Labute approximate surface area is 86.3 Å². The number of rotatable bonds is 2. The summed E-state index contributed by atoms with van der Waals surface area (Å²) in [7, 11) is 0. The number of carbonyl (C=O) groups excluding carboxylic acids is 1. The van der Waals surface area contributed by atoms with E-state index >= 15 is 0 Å². The highest BCUT2D eigenvalue weighted by Gasteiger charge is 2.05. The molecule has 0 radical (unpaired) electrons. The summed E-state index contributed by atoms with van der Waals surface area (Å²) >= 11 is 0. The van der Waals surface area contributed by atoms with E-state index in [9.17, 15) is 4.79 Å². The second-order valence-corrected chi connectivity index (χ2v) is 2.79. The molecule has 2 aromatic rings. The van der Waals surface area contributed by atoms with Crippen LogP contribution in [-0.4, -0.2) is 16.0 Å². The highest BCUT2D eigenvalue weighted by molar-refractivity contribution is 5.70. The Morgan fingerprint density at radius 3 is 2.67 bits per heavy atom. The first-order chi connectivity index (χ1) is 7.42. The standard InChI is InChI=1S/C11H7N3O/c15-8-14-10-5-3-7-13-11(10)9-4-1-2-6-12-9/h1-7H. The van der Waals surface area contributed by atoms with Gasteiger partial charge in [-0.15, -0.1) is 0 Å². The van der Waals surface area contributed by atoms with Crippen molar-refractivity contribution >= 4 is 11.8 Å². The molecule has 0 aliphatic rings. The van der Waals surface area contributed by atoms with Gasteiger partial charge in [0.2, 0.25) is 6.08 Å². The van der Waals surface area contributed by atoms with Crippen LogP contribution in [0, 0.1) is 0 Å². The summed E-state index contributed by atoms with van der Waals surface area (Å²) in [5.41, 5.74) is 1.75. The van der Waals surface area contributed by atoms with Crippen molar-refractivity contribution in [3.8, 4) is 11.4 Å². The molecule has 2 rings (SSSR count). The quantitative estimate of drug-likeness (QED) is 0.547. The lowest BCUT2D eigenvalue weighted by atomic mass is 10.2. The number of aromatic nitrogens is 2. The molecule has 15 heavy (non-hydrogen) atoms. The molecular weight excluding hydrogens is 190 g/mol. The van der Waals surface area contributed by atoms with Crippen molar-refractivity contribution in [2.24, 2.45) is 4.99 Å². The van der Waals surface area contributed by atoms with E-state index in [2.05, 4.69) is 15.0 Å². The molecule has 2 aromatic heterocycles. The molecule has 0 fully saturated rings. The Balaban J connectivity index is 2.58. The zero-order chi connectivity index (χ0) is 10.5. The second-order valence-electron chi connectivity index (χ2n) is 2.79. The van der Waals surface area contributed by atoms with E-state index in [1.807, 2.05) is 18.2 Å². The molecular formula is C11H7N3O. The van der Waals surface area contributed by atoms with Crippen LogP contribution in [0.15, 0.2) is 47.7 Å². The minimum atomic E-state index is 0.478. The zero-order valence-electron chi connectivity index (χ0n) is 7.79. The molecule has 4 heteroatoms. The molecule has 72 valence electrons. The van der Waals surface area contributed by atoms with Gasteiger partial charge in [-0.3, -0.25) is 9.97 Å². The van der Waals surface area contributed by atoms with Gasteiger partial charge in [-0.05, 0) is 24.3 Å². The van der Waals surface area contributed by atoms with Gasteiger partial charge in [0, 0.05) is 12.4 Å². The second kappa shape index (κ2) is 4.26. The minimum absolute atomic E-state index is 0.478. The van der Waals surface area contributed by atoms with E-state index in [0.717, 1.165) is 0 Å². The van der Waals surface area contributed by atoms with Crippen LogP contribution in [-0.2, 0) is 4.79 Å². The Morgan fingerprint density at radius 1 is 1.07 bits per heavy atom. The molecule has 0 unspecified atom stereocenters. The van der Waals surface area contributed by atoms with E-state index < -0.39 is 0 Å². The molecule has 0 atom stereocenters. The summed E-state index contributed by atoms with van der Waals surface area (Å²) in [6.07, 6.45) is 4.80. The predicted octanol–water partition coefficient (Wildman–Crippen LogP) is 2.11. The predicted molar refractivity (Wildman–Crippen MR) is 55.2 cm³/mol. The first-order valence-corrected chi connectivity index (χ1v) is 4.36. The highest BCUT2D eigenvalue weighted by atomic mass is 16.1. The largest absolute Gasteiger partial charge is 0.255 e. The SMILES string of the molecule is O=C=Nc1cccnc1-c1ccccn1. The van der Waals surface area contributed by atoms with Gasteiger partial charge in [-0.2, -0.15) is 4.99 Å². The average Bonchev–Trinajstić information content (AvgIpc) is 2.31. The average molecular weight is 197 g/mol. The summed E-state index contributed by atoms with van der Waals surface area (Å²) in [6, 6.07) is 8.89. The van der Waals surface area contributed by atoms with Crippen molar-refractivity contribution < 1.29 is 4.79 Å². The maximum absolute atomic E-state index is 10.2. The molecule has 0 aliphatic heterocycles. The molecule has 0 saturated heterocycles. The van der Waals surface area contributed by atoms with Gasteiger partial charge in [0.05, 0.1) is 5.69 Å². The van der Waals surface area contributed by atoms with E-state index in [1.165, 1.54) is 6.08 Å². The third-order valence-electron chi connectivity index (χ3n) is 1.86. The highest BCUT2D eigenvalue weighted by Crippen LogP contribution is 2.24. The molecule has 0 spiro atoms. The van der Waals surface area contributed by atoms with Crippen LogP contribution in [0.25, 0.3) is 11.4 Å². The third-order valence-corrected chi connectivity index (χ3v) is 1.86. The van der Waals surface area contributed by atoms with Crippen LogP contribution in [0.1, 0.15) is 0 Å². The fraction of sp³-hybridized carbons (Fsp3) is 0. The Bertz CT molecular complexity index is 504. The summed E-state index contributed by atoms with van der Waals surface area (Å²) in [5, 5.41) is 0. The van der Waals surface area contributed by atoms with Crippen LogP contribution in [0.4, 0.5) is 5.69 Å². The maximum atomic E-state index is 10.2. The number of nitrogens with zero attached hydrogens (tertiary/aromatic N) is 3. The van der Waals surface area contributed by atoms with Gasteiger partial charge >= 0.3 is 0 Å². The van der Waals surface area contributed by atoms with Crippen LogP contribution in [0.2, 0.25) is 0 Å². The van der Waals surface area contributed by atoms with Crippen molar-refractivity contribution in [3.05, 3.63) is 42.7 Å². The fourth-order valence-corrected chi connectivity index (χ4v) is 1.24. The lowest BCUT2D eigenvalue weighted by molar-refractivity contribution is 0.565. The Hall–Kier alpha value is -2.32. The van der Waals surface area contributed by atoms with Crippen molar-refractivity contribution in [2.75, 3.05) is 0 Å². The summed E-state index contributed by atoms with van der Waals surface area (Å²) < 4.78 is 0. The lowest BCUT2D eigenvalue weighted by Gasteiger charge is -2.00. The molecule has 0 saturated carbocycles. The van der Waals surface area contributed by atoms with Gasteiger partial charge in [0.1, 0.15) is 11.4 Å². The minimum Gasteiger partial charge on any atom is -0.255 e. The summed E-state index contributed by atoms with van der Waals surface area (Å²) in [6.45, 7) is 0. The molecule has 2 heterocycles. The number of aliphatic imine (C=N–C) groups is 1. The molecule has 0 N–H and O–H groups in total. The van der Waals surface area contributed by atoms with Gasteiger partial charge in [0.15, 0.2) is 0 Å². The number of hydrogen-bond donors (Lipinski definition) is 0. The topological polar surface area (TPSA) is 55.2 Å². The molecule has 4 nitrogen and oxygen atoms in total. The van der Waals surface area contributed by atoms with E-state index in [1.54, 1.807) is 24.5 Å². The van der Waals surface area contributed by atoms with Gasteiger partial charge < -0.3 is 0 Å². The van der Waals surface area contributed by atoms with E-state index in [4.69, 9.17) is 0 Å². The van der Waals surface area contributed by atoms with Crippen LogP contribution in [0.5, 0.6) is 0 Å². The van der Waals surface area contributed by atoms with Crippen molar-refractivity contribution in [1.82, 2.24) is 9.97 Å². The van der Waals surface area contributed by atoms with Crippen molar-refractivity contribution in [2.45, 2.75) is 0 Å². The summed E-state index contributed by atoms with van der Waals surface area (Å²) in [4.78, 5) is 22.1. The van der Waals surface area contributed by atoms with Gasteiger partial charge in [-0.1, -0.05) is 6.07 Å². The van der Waals surface area contributed by atoms with Crippen LogP contribution >= 0.6 is 0 Å². The summed E-state index contributed by atoms with van der Waals surface area (Å²) in [5.74, 6) is 0. The molecule has 0 amide bonds. The molecule has 0 aromatic carbocycles. The van der Waals surface area contributed by atoms with E-state index in [-0.39, 0.29) is 0 Å². The van der Waals surface area contributed by atoms with Crippen LogP contribution < -0.4 is 0 Å². The number of pyridine rings is 2. The first-order valence-electron chi connectivity index (χ1n) is 4.36. The first kappa shape index (κ1) is 9.24. The monoisotopic (exact) mass is 197 g/mol. The lowest BCUT2D eigenvalue weighted by Crippen LogP contribution is -1.86. The van der Waals surface area contributed by atoms with Gasteiger partial charge in [-0.25, -0.2) is 4.79 Å². The Morgan fingerprint density at radius 2 is 1.93 bits per heavy atom. The maximum Gasteiger partial charge on any atom is 0.240 e. The molecule has 0 aliphatic carbocycles.